The minimum absolute atomic E-state index is 0.0148. The fourth-order valence-electron chi connectivity index (χ4n) is 4.39. The Balaban J connectivity index is 1.32. The van der Waals surface area contributed by atoms with Crippen molar-refractivity contribution in [1.82, 2.24) is 9.80 Å². The number of nitrogens with zero attached hydrogens (tertiary/aromatic N) is 2. The molecule has 0 aromatic heterocycles. The van der Waals surface area contributed by atoms with Crippen LogP contribution in [0.15, 0.2) is 24.3 Å². The molecule has 25 heavy (non-hydrogen) atoms. The van der Waals surface area contributed by atoms with Crippen LogP contribution in [-0.4, -0.2) is 61.6 Å². The molecule has 0 bridgehead atoms. The van der Waals surface area contributed by atoms with Gasteiger partial charge >= 0.3 is 0 Å². The second-order valence-electron chi connectivity index (χ2n) is 7.68. The number of piperidine rings is 1. The molecule has 1 saturated carbocycles. The maximum atomic E-state index is 13.9. The van der Waals surface area contributed by atoms with Gasteiger partial charge in [0.05, 0.1) is 13.2 Å². The van der Waals surface area contributed by atoms with Crippen LogP contribution in [0.1, 0.15) is 30.7 Å². The molecule has 4 nitrogen and oxygen atoms in total. The molecule has 2 saturated heterocycles. The van der Waals surface area contributed by atoms with Crippen LogP contribution in [0.2, 0.25) is 0 Å². The highest BCUT2D eigenvalue weighted by molar-refractivity contribution is 5.83. The normalized spacial score (nSPS) is 30.3. The lowest BCUT2D eigenvalue weighted by atomic mass is 9.96. The summed E-state index contributed by atoms with van der Waals surface area (Å²) in [5, 5.41) is 0. The highest BCUT2D eigenvalue weighted by Crippen LogP contribution is 2.49. The molecule has 2 aliphatic heterocycles. The van der Waals surface area contributed by atoms with E-state index < -0.39 is 0 Å². The third kappa shape index (κ3) is 3.87. The minimum Gasteiger partial charge on any atom is -0.379 e. The maximum Gasteiger partial charge on any atom is 0.226 e. The molecule has 1 aromatic carbocycles. The number of halogens is 1. The molecule has 3 fully saturated rings. The Morgan fingerprint density at radius 2 is 2.00 bits per heavy atom. The number of rotatable bonds is 4. The first-order valence-electron chi connectivity index (χ1n) is 9.55. The van der Waals surface area contributed by atoms with E-state index in [1.807, 2.05) is 17.0 Å². The molecule has 0 radical (unpaired) electrons. The summed E-state index contributed by atoms with van der Waals surface area (Å²) in [4.78, 5) is 17.4. The number of hydrogen-bond acceptors (Lipinski definition) is 3. The number of ether oxygens (including phenoxy) is 1. The fraction of sp³-hybridized carbons (Fsp3) is 0.650. The van der Waals surface area contributed by atoms with Crippen LogP contribution in [0.3, 0.4) is 0 Å². The van der Waals surface area contributed by atoms with Crippen LogP contribution in [0.5, 0.6) is 0 Å². The average molecular weight is 346 g/mol. The number of carbonyl (C=O) groups is 1. The molecule has 0 spiro atoms. The number of likely N-dealkylation sites (tertiary alicyclic amines) is 1. The Morgan fingerprint density at radius 3 is 2.80 bits per heavy atom. The van der Waals surface area contributed by atoms with Crippen molar-refractivity contribution in [2.75, 3.05) is 45.9 Å². The predicted octanol–water partition coefficient (Wildman–Crippen LogP) is 2.50. The van der Waals surface area contributed by atoms with E-state index in [4.69, 9.17) is 4.74 Å². The second kappa shape index (κ2) is 7.42. The summed E-state index contributed by atoms with van der Waals surface area (Å²) in [5.74, 6) is 0.681. The Kier molecular flexibility index (Phi) is 5.04. The van der Waals surface area contributed by atoms with Crippen molar-refractivity contribution in [3.05, 3.63) is 35.6 Å². The van der Waals surface area contributed by atoms with Crippen molar-refractivity contribution in [3.8, 4) is 0 Å². The van der Waals surface area contributed by atoms with E-state index in [-0.39, 0.29) is 23.6 Å². The van der Waals surface area contributed by atoms with Crippen LogP contribution in [0.25, 0.3) is 0 Å². The average Bonchev–Trinajstić information content (AvgIpc) is 3.43. The molecular formula is C20H27FN2O2. The van der Waals surface area contributed by atoms with E-state index in [0.29, 0.717) is 11.5 Å². The molecule has 4 rings (SSSR count). The summed E-state index contributed by atoms with van der Waals surface area (Å²) >= 11 is 0. The van der Waals surface area contributed by atoms with Crippen molar-refractivity contribution in [1.29, 1.82) is 0 Å². The number of amides is 1. The lowest BCUT2D eigenvalue weighted by Crippen LogP contribution is -2.46. The summed E-state index contributed by atoms with van der Waals surface area (Å²) in [6, 6.07) is 6.88. The molecule has 3 aliphatic rings. The molecular weight excluding hydrogens is 319 g/mol. The summed E-state index contributed by atoms with van der Waals surface area (Å²) in [5.41, 5.74) is 0.711. The van der Waals surface area contributed by atoms with Crippen LogP contribution >= 0.6 is 0 Å². The Morgan fingerprint density at radius 1 is 1.20 bits per heavy atom. The van der Waals surface area contributed by atoms with Gasteiger partial charge in [0.1, 0.15) is 5.82 Å². The second-order valence-corrected chi connectivity index (χ2v) is 7.68. The van der Waals surface area contributed by atoms with Crippen molar-refractivity contribution < 1.29 is 13.9 Å². The van der Waals surface area contributed by atoms with Crippen LogP contribution in [0.4, 0.5) is 4.39 Å². The zero-order chi connectivity index (χ0) is 17.2. The highest BCUT2D eigenvalue weighted by Gasteiger charge is 2.47. The van der Waals surface area contributed by atoms with Gasteiger partial charge in [0.15, 0.2) is 0 Å². The maximum absolute atomic E-state index is 13.9. The third-order valence-electron chi connectivity index (χ3n) is 5.86. The molecule has 2 heterocycles. The molecule has 0 unspecified atom stereocenters. The van der Waals surface area contributed by atoms with E-state index in [2.05, 4.69) is 4.90 Å². The molecule has 3 atom stereocenters. The van der Waals surface area contributed by atoms with Gasteiger partial charge in [0.25, 0.3) is 0 Å². The molecule has 1 aromatic rings. The van der Waals surface area contributed by atoms with Crippen LogP contribution in [-0.2, 0) is 9.53 Å². The lowest BCUT2D eigenvalue weighted by molar-refractivity contribution is -0.134. The van der Waals surface area contributed by atoms with E-state index in [1.54, 1.807) is 6.07 Å². The van der Waals surface area contributed by atoms with E-state index >= 15 is 0 Å². The van der Waals surface area contributed by atoms with Gasteiger partial charge in [-0.05, 0) is 42.7 Å². The summed E-state index contributed by atoms with van der Waals surface area (Å²) in [7, 11) is 0. The smallest absolute Gasteiger partial charge is 0.226 e. The highest BCUT2D eigenvalue weighted by atomic mass is 19.1. The topological polar surface area (TPSA) is 32.8 Å². The number of hydrogen-bond donors (Lipinski definition) is 0. The first kappa shape index (κ1) is 17.0. The SMILES string of the molecule is O=C([C@@H]1C[C@H]1c1ccccc1F)N1CCC[C@@H](CN2CCOCC2)C1. The first-order valence-corrected chi connectivity index (χ1v) is 9.55. The summed E-state index contributed by atoms with van der Waals surface area (Å²) in [6.07, 6.45) is 3.07. The lowest BCUT2D eigenvalue weighted by Gasteiger charge is -2.37. The van der Waals surface area contributed by atoms with Gasteiger partial charge < -0.3 is 9.64 Å². The first-order chi connectivity index (χ1) is 12.2. The fourth-order valence-corrected chi connectivity index (χ4v) is 4.39. The zero-order valence-corrected chi connectivity index (χ0v) is 14.7. The number of morpholine rings is 1. The monoisotopic (exact) mass is 346 g/mol. The van der Waals surface area contributed by atoms with E-state index in [1.165, 1.54) is 12.5 Å². The van der Waals surface area contributed by atoms with Crippen molar-refractivity contribution in [2.45, 2.75) is 25.2 Å². The van der Waals surface area contributed by atoms with E-state index in [9.17, 15) is 9.18 Å². The number of carbonyl (C=O) groups excluding carboxylic acids is 1. The van der Waals surface area contributed by atoms with Gasteiger partial charge in [0, 0.05) is 38.6 Å². The summed E-state index contributed by atoms with van der Waals surface area (Å²) < 4.78 is 19.4. The molecule has 0 N–H and O–H groups in total. The van der Waals surface area contributed by atoms with Gasteiger partial charge in [-0.3, -0.25) is 9.69 Å². The molecule has 5 heteroatoms. The van der Waals surface area contributed by atoms with Gasteiger partial charge in [-0.25, -0.2) is 4.39 Å². The van der Waals surface area contributed by atoms with Gasteiger partial charge in [-0.1, -0.05) is 18.2 Å². The molecule has 1 amide bonds. The zero-order valence-electron chi connectivity index (χ0n) is 14.7. The van der Waals surface area contributed by atoms with Gasteiger partial charge in [0.2, 0.25) is 5.91 Å². The quantitative estimate of drug-likeness (QED) is 0.840. The Labute approximate surface area is 148 Å². The molecule has 136 valence electrons. The summed E-state index contributed by atoms with van der Waals surface area (Å²) in [6.45, 7) is 6.43. The Bertz CT molecular complexity index is 617. The third-order valence-corrected chi connectivity index (χ3v) is 5.86. The van der Waals surface area contributed by atoms with Gasteiger partial charge in [-0.2, -0.15) is 0 Å². The largest absolute Gasteiger partial charge is 0.379 e. The minimum atomic E-state index is -0.174. The van der Waals surface area contributed by atoms with Crippen LogP contribution in [0, 0.1) is 17.7 Å². The van der Waals surface area contributed by atoms with Crippen molar-refractivity contribution in [2.24, 2.45) is 11.8 Å². The Hall–Kier alpha value is -1.46. The van der Waals surface area contributed by atoms with Crippen molar-refractivity contribution >= 4 is 5.91 Å². The number of benzene rings is 1. The standard InChI is InChI=1S/C20H27FN2O2/c21-19-6-2-1-5-16(19)17-12-18(17)20(24)23-7-3-4-15(14-23)13-22-8-10-25-11-9-22/h1-2,5-6,15,17-18H,3-4,7-14H2/t15-,17-,18+/m0/s1. The van der Waals surface area contributed by atoms with Crippen molar-refractivity contribution in [3.63, 3.8) is 0 Å². The van der Waals surface area contributed by atoms with E-state index in [0.717, 1.165) is 58.8 Å². The van der Waals surface area contributed by atoms with Crippen LogP contribution < -0.4 is 0 Å². The van der Waals surface area contributed by atoms with Gasteiger partial charge in [-0.15, -0.1) is 0 Å². The molecule has 1 aliphatic carbocycles. The predicted molar refractivity (Wildman–Crippen MR) is 93.8 cm³/mol.